The SMILES string of the molecule is COc1ccc2oc(=O)n(C3CCN(C(=O)c4cccc5c4-c4ccccc4C5=O)CC3)c2c1. The van der Waals surface area contributed by atoms with E-state index in [1.807, 2.05) is 23.1 Å². The number of carbonyl (C=O) groups excluding carboxylic acids is 2. The van der Waals surface area contributed by atoms with E-state index in [1.54, 1.807) is 54.1 Å². The molecule has 1 saturated heterocycles. The Bertz CT molecular complexity index is 1520. The first-order valence-corrected chi connectivity index (χ1v) is 11.3. The van der Waals surface area contributed by atoms with Crippen molar-refractivity contribution in [2.24, 2.45) is 0 Å². The smallest absolute Gasteiger partial charge is 0.420 e. The second kappa shape index (κ2) is 7.73. The molecule has 2 heterocycles. The molecule has 0 bridgehead atoms. The molecule has 1 aromatic heterocycles. The lowest BCUT2D eigenvalue weighted by molar-refractivity contribution is 0.0694. The number of rotatable bonds is 3. The fourth-order valence-electron chi connectivity index (χ4n) is 5.24. The first-order chi connectivity index (χ1) is 16.6. The maximum Gasteiger partial charge on any atom is 0.420 e. The standard InChI is InChI=1S/C27H22N2O5/c1-33-17-9-10-23-22(15-17)29(27(32)34-23)16-11-13-28(14-12-16)26(31)21-8-4-7-20-24(21)18-5-2-3-6-19(18)25(20)30/h2-10,15-16H,11-14H2,1H3. The minimum atomic E-state index is -0.399. The second-order valence-corrected chi connectivity index (χ2v) is 8.70. The summed E-state index contributed by atoms with van der Waals surface area (Å²) in [5.74, 6) is 0.123. The van der Waals surface area contributed by atoms with E-state index in [0.29, 0.717) is 59.5 Å². The highest BCUT2D eigenvalue weighted by Crippen LogP contribution is 2.39. The normalized spacial score (nSPS) is 15.4. The summed E-state index contributed by atoms with van der Waals surface area (Å²) in [5.41, 5.74) is 4.51. The minimum absolute atomic E-state index is 0.0411. The lowest BCUT2D eigenvalue weighted by atomic mass is 9.97. The van der Waals surface area contributed by atoms with Crippen molar-refractivity contribution in [3.05, 3.63) is 87.9 Å². The van der Waals surface area contributed by atoms with Gasteiger partial charge in [0.2, 0.25) is 0 Å². The highest BCUT2D eigenvalue weighted by Gasteiger charge is 2.33. The molecular formula is C27H22N2O5. The van der Waals surface area contributed by atoms with E-state index in [9.17, 15) is 14.4 Å². The number of amides is 1. The number of carbonyl (C=O) groups is 2. The fourth-order valence-corrected chi connectivity index (χ4v) is 5.24. The number of fused-ring (bicyclic) bond motifs is 4. The number of ketones is 1. The number of methoxy groups -OCH3 is 1. The Labute approximate surface area is 195 Å². The summed E-state index contributed by atoms with van der Waals surface area (Å²) in [6.45, 7) is 1.01. The van der Waals surface area contributed by atoms with Crippen molar-refractivity contribution in [2.45, 2.75) is 18.9 Å². The van der Waals surface area contributed by atoms with E-state index < -0.39 is 5.76 Å². The van der Waals surface area contributed by atoms with Crippen LogP contribution < -0.4 is 10.5 Å². The molecule has 0 unspecified atom stereocenters. The van der Waals surface area contributed by atoms with E-state index in [4.69, 9.17) is 9.15 Å². The van der Waals surface area contributed by atoms with Crippen LogP contribution in [-0.4, -0.2) is 41.4 Å². The Morgan fingerprint density at radius 2 is 1.68 bits per heavy atom. The van der Waals surface area contributed by atoms with Gasteiger partial charge in [-0.1, -0.05) is 36.4 Å². The Morgan fingerprint density at radius 3 is 2.44 bits per heavy atom. The Morgan fingerprint density at radius 1 is 0.941 bits per heavy atom. The minimum Gasteiger partial charge on any atom is -0.497 e. The molecule has 0 saturated carbocycles. The van der Waals surface area contributed by atoms with Crippen molar-refractivity contribution in [1.82, 2.24) is 9.47 Å². The van der Waals surface area contributed by atoms with Gasteiger partial charge in [0, 0.05) is 47.5 Å². The molecular weight excluding hydrogens is 432 g/mol. The largest absolute Gasteiger partial charge is 0.497 e. The third-order valence-electron chi connectivity index (χ3n) is 6.92. The fraction of sp³-hybridized carbons (Fsp3) is 0.222. The molecule has 0 spiro atoms. The molecule has 4 aromatic rings. The van der Waals surface area contributed by atoms with Crippen LogP contribution in [0.15, 0.2) is 69.9 Å². The number of hydrogen-bond donors (Lipinski definition) is 0. The number of nitrogens with zero attached hydrogens (tertiary/aromatic N) is 2. The number of benzene rings is 3. The van der Waals surface area contributed by atoms with Gasteiger partial charge >= 0.3 is 5.76 Å². The number of piperidine rings is 1. The molecule has 3 aromatic carbocycles. The molecule has 0 N–H and O–H groups in total. The van der Waals surface area contributed by atoms with Crippen molar-refractivity contribution >= 4 is 22.8 Å². The van der Waals surface area contributed by atoms with Gasteiger partial charge in [-0.2, -0.15) is 0 Å². The number of oxazole rings is 1. The third kappa shape index (κ3) is 3.00. The van der Waals surface area contributed by atoms with E-state index >= 15 is 0 Å². The van der Waals surface area contributed by atoms with Crippen molar-refractivity contribution in [2.75, 3.05) is 20.2 Å². The number of ether oxygens (including phenoxy) is 1. The van der Waals surface area contributed by atoms with Crippen LogP contribution in [-0.2, 0) is 0 Å². The first-order valence-electron chi connectivity index (χ1n) is 11.3. The van der Waals surface area contributed by atoms with E-state index in [0.717, 1.165) is 11.1 Å². The maximum atomic E-state index is 13.5. The van der Waals surface area contributed by atoms with Gasteiger partial charge in [-0.15, -0.1) is 0 Å². The zero-order chi connectivity index (χ0) is 23.4. The van der Waals surface area contributed by atoms with Crippen molar-refractivity contribution in [1.29, 1.82) is 0 Å². The lowest BCUT2D eigenvalue weighted by Gasteiger charge is -2.32. The zero-order valence-corrected chi connectivity index (χ0v) is 18.6. The zero-order valence-electron chi connectivity index (χ0n) is 18.6. The maximum absolute atomic E-state index is 13.5. The van der Waals surface area contributed by atoms with Crippen LogP contribution in [0.4, 0.5) is 0 Å². The monoisotopic (exact) mass is 454 g/mol. The van der Waals surface area contributed by atoms with Crippen LogP contribution in [0, 0.1) is 0 Å². The quantitative estimate of drug-likeness (QED) is 0.406. The van der Waals surface area contributed by atoms with Gasteiger partial charge in [0.1, 0.15) is 5.75 Å². The molecule has 7 heteroatoms. The van der Waals surface area contributed by atoms with Gasteiger partial charge in [-0.3, -0.25) is 14.2 Å². The van der Waals surface area contributed by atoms with Crippen molar-refractivity contribution in [3.63, 3.8) is 0 Å². The van der Waals surface area contributed by atoms with Gasteiger partial charge in [-0.05, 0) is 36.6 Å². The third-order valence-corrected chi connectivity index (χ3v) is 6.92. The first kappa shape index (κ1) is 20.5. The summed E-state index contributed by atoms with van der Waals surface area (Å²) < 4.78 is 12.4. The summed E-state index contributed by atoms with van der Waals surface area (Å²) in [6, 6.07) is 18.0. The Hall–Kier alpha value is -4.13. The molecule has 0 radical (unpaired) electrons. The Kier molecular flexibility index (Phi) is 4.65. The van der Waals surface area contributed by atoms with Crippen LogP contribution in [0.3, 0.4) is 0 Å². The molecule has 0 atom stereocenters. The van der Waals surface area contributed by atoms with Crippen LogP contribution in [0.5, 0.6) is 5.75 Å². The topological polar surface area (TPSA) is 81.8 Å². The summed E-state index contributed by atoms with van der Waals surface area (Å²) >= 11 is 0. The molecule has 170 valence electrons. The second-order valence-electron chi connectivity index (χ2n) is 8.70. The molecule has 34 heavy (non-hydrogen) atoms. The average molecular weight is 454 g/mol. The number of aromatic nitrogens is 1. The van der Waals surface area contributed by atoms with Crippen LogP contribution >= 0.6 is 0 Å². The van der Waals surface area contributed by atoms with Crippen molar-refractivity contribution < 1.29 is 18.7 Å². The highest BCUT2D eigenvalue weighted by molar-refractivity contribution is 6.24. The van der Waals surface area contributed by atoms with Gasteiger partial charge in [0.15, 0.2) is 11.4 Å². The molecule has 1 amide bonds. The molecule has 1 aliphatic heterocycles. The molecule has 1 aliphatic carbocycles. The van der Waals surface area contributed by atoms with E-state index in [1.165, 1.54) is 0 Å². The number of hydrogen-bond acceptors (Lipinski definition) is 5. The molecule has 2 aliphatic rings. The van der Waals surface area contributed by atoms with E-state index in [-0.39, 0.29) is 17.7 Å². The van der Waals surface area contributed by atoms with Gasteiger partial charge in [0.25, 0.3) is 5.91 Å². The van der Waals surface area contributed by atoms with Gasteiger partial charge in [-0.25, -0.2) is 4.79 Å². The highest BCUT2D eigenvalue weighted by atomic mass is 16.5. The van der Waals surface area contributed by atoms with Crippen molar-refractivity contribution in [3.8, 4) is 16.9 Å². The summed E-state index contributed by atoms with van der Waals surface area (Å²) in [5, 5.41) is 0. The summed E-state index contributed by atoms with van der Waals surface area (Å²) in [4.78, 5) is 40.8. The lowest BCUT2D eigenvalue weighted by Crippen LogP contribution is -2.40. The predicted octanol–water partition coefficient (Wildman–Crippen LogP) is 4.29. The van der Waals surface area contributed by atoms with Crippen LogP contribution in [0.25, 0.3) is 22.2 Å². The van der Waals surface area contributed by atoms with Crippen LogP contribution in [0.2, 0.25) is 0 Å². The molecule has 7 nitrogen and oxygen atoms in total. The summed E-state index contributed by atoms with van der Waals surface area (Å²) in [7, 11) is 1.58. The number of likely N-dealkylation sites (tertiary alicyclic amines) is 1. The Balaban J connectivity index is 1.28. The van der Waals surface area contributed by atoms with Gasteiger partial charge < -0.3 is 14.1 Å². The molecule has 6 rings (SSSR count). The van der Waals surface area contributed by atoms with Crippen LogP contribution in [0.1, 0.15) is 45.2 Å². The van der Waals surface area contributed by atoms with Gasteiger partial charge in [0.05, 0.1) is 12.6 Å². The molecule has 1 fully saturated rings. The predicted molar refractivity (Wildman–Crippen MR) is 127 cm³/mol. The van der Waals surface area contributed by atoms with E-state index in [2.05, 4.69) is 0 Å². The average Bonchev–Trinajstić information content (AvgIpc) is 3.37. The summed E-state index contributed by atoms with van der Waals surface area (Å²) in [6.07, 6.45) is 1.25.